The van der Waals surface area contributed by atoms with E-state index in [0.29, 0.717) is 11.3 Å². The monoisotopic (exact) mass is 279 g/mol. The van der Waals surface area contributed by atoms with Gasteiger partial charge in [0.15, 0.2) is 11.5 Å². The van der Waals surface area contributed by atoms with E-state index in [-0.39, 0.29) is 30.7 Å². The molecule has 1 amide bonds. The maximum absolute atomic E-state index is 11.5. The van der Waals surface area contributed by atoms with Crippen molar-refractivity contribution < 1.29 is 19.8 Å². The molecule has 2 fully saturated rings. The zero-order valence-electron chi connectivity index (χ0n) is 15.3. The zero-order chi connectivity index (χ0) is 17.4. The van der Waals surface area contributed by atoms with Crippen molar-refractivity contribution >= 4 is 5.91 Å². The van der Waals surface area contributed by atoms with Gasteiger partial charge in [-0.2, -0.15) is 0 Å². The van der Waals surface area contributed by atoms with Crippen molar-refractivity contribution in [3.63, 3.8) is 0 Å². The molecule has 1 N–H and O–H groups in total. The van der Waals surface area contributed by atoms with Gasteiger partial charge in [-0.25, -0.2) is 0 Å². The van der Waals surface area contributed by atoms with E-state index in [1.807, 2.05) is 0 Å². The van der Waals surface area contributed by atoms with Crippen molar-refractivity contribution in [1.82, 2.24) is 5.32 Å². The highest BCUT2D eigenvalue weighted by Crippen LogP contribution is 2.35. The van der Waals surface area contributed by atoms with E-state index in [9.17, 15) is 4.79 Å². The van der Waals surface area contributed by atoms with Crippen molar-refractivity contribution in [2.45, 2.75) is 44.1 Å². The average molecular weight is 279 g/mol. The molecule has 0 bridgehead atoms. The minimum absolute atomic E-state index is 0.0317. The number of ether oxygens (including phenoxy) is 2. The summed E-state index contributed by atoms with van der Waals surface area (Å²) in [4.78, 5) is 11.5. The second-order valence-electron chi connectivity index (χ2n) is 5.34. The van der Waals surface area contributed by atoms with Crippen LogP contribution in [0.25, 0.3) is 0 Å². The van der Waals surface area contributed by atoms with E-state index in [4.69, 9.17) is 15.0 Å². The maximum atomic E-state index is 11.5. The van der Waals surface area contributed by atoms with Gasteiger partial charge in [0.2, 0.25) is 5.91 Å². The smallest absolute Gasteiger partial charge is 0.220 e. The molecule has 0 aromatic heterocycles. The predicted octanol–water partition coefficient (Wildman–Crippen LogP) is 2.62. The van der Waals surface area contributed by atoms with Crippen LogP contribution in [0.5, 0.6) is 11.5 Å². The number of amides is 1. The van der Waals surface area contributed by atoms with Crippen LogP contribution in [0.4, 0.5) is 0 Å². The number of hydrogen-bond donors (Lipinski definition) is 1. The van der Waals surface area contributed by atoms with Crippen molar-refractivity contribution in [3.05, 3.63) is 23.8 Å². The number of methoxy groups -OCH3 is 1. The molecule has 20 heavy (non-hydrogen) atoms. The molecule has 1 aromatic carbocycles. The van der Waals surface area contributed by atoms with Gasteiger partial charge in [-0.1, -0.05) is 6.07 Å². The van der Waals surface area contributed by atoms with Crippen molar-refractivity contribution in [1.29, 1.82) is 0 Å². The van der Waals surface area contributed by atoms with Crippen LogP contribution in [0.1, 0.15) is 49.0 Å². The first-order valence-electron chi connectivity index (χ1n) is 9.02. The topological polar surface area (TPSA) is 47.6 Å². The van der Waals surface area contributed by atoms with Crippen LogP contribution in [0.15, 0.2) is 18.2 Å². The Kier molecular flexibility index (Phi) is 2.66. The first-order valence-corrected chi connectivity index (χ1v) is 7.02. The van der Waals surface area contributed by atoms with Gasteiger partial charge >= 0.3 is 0 Å². The van der Waals surface area contributed by atoms with Gasteiger partial charge in [-0.05, 0) is 43.4 Å². The third-order valence-electron chi connectivity index (χ3n) is 3.93. The Bertz CT molecular complexity index is 628. The lowest BCUT2D eigenvalue weighted by Gasteiger charge is -2.18. The first-order chi connectivity index (χ1) is 11.3. The molecular weight excluding hydrogens is 254 g/mol. The first kappa shape index (κ1) is 9.27. The number of benzene rings is 1. The minimum atomic E-state index is -2.57. The summed E-state index contributed by atoms with van der Waals surface area (Å²) in [6, 6.07) is 4.80. The van der Waals surface area contributed by atoms with Crippen molar-refractivity contribution in [2.75, 3.05) is 13.6 Å². The molecule has 0 spiro atoms. The fourth-order valence-corrected chi connectivity index (χ4v) is 2.82. The highest BCUT2D eigenvalue weighted by atomic mass is 16.5. The van der Waals surface area contributed by atoms with E-state index in [2.05, 4.69) is 5.32 Å². The summed E-state index contributed by atoms with van der Waals surface area (Å²) < 4.78 is 41.4. The average Bonchev–Trinajstić information content (AvgIpc) is 3.10. The van der Waals surface area contributed by atoms with E-state index in [0.717, 1.165) is 25.7 Å². The molecule has 4 heteroatoms. The van der Waals surface area contributed by atoms with Gasteiger partial charge in [0.05, 0.1) is 17.3 Å². The van der Waals surface area contributed by atoms with E-state index < -0.39 is 12.9 Å². The van der Waals surface area contributed by atoms with Crippen LogP contribution in [0.3, 0.4) is 0 Å². The molecule has 1 aliphatic heterocycles. The van der Waals surface area contributed by atoms with Gasteiger partial charge in [-0.3, -0.25) is 4.79 Å². The highest BCUT2D eigenvalue weighted by Gasteiger charge is 2.25. The summed E-state index contributed by atoms with van der Waals surface area (Å²) in [5, 5.41) is 2.67. The number of rotatable bonds is 4. The Morgan fingerprint density at radius 3 is 2.90 bits per heavy atom. The number of hydrogen-bond acceptors (Lipinski definition) is 3. The summed E-state index contributed by atoms with van der Waals surface area (Å²) in [6.45, 7) is 0.230. The molecule has 1 unspecified atom stereocenters. The molecule has 3 rings (SSSR count). The standard InChI is InChI=1S/C16H21NO3/c1-19-14-7-6-11(12-9-16(18)17-10-12)8-15(14)20-13-4-2-3-5-13/h6-8,12-13H,2-5,9-10H2,1H3,(H,17,18)/i1D3,12D. The normalized spacial score (nSPS) is 30.1. The lowest BCUT2D eigenvalue weighted by Crippen LogP contribution is -2.14. The number of carbonyl (C=O) groups excluding carboxylic acids is 1. The second-order valence-corrected chi connectivity index (χ2v) is 5.34. The molecule has 4 nitrogen and oxygen atoms in total. The molecule has 108 valence electrons. The third kappa shape index (κ3) is 2.74. The zero-order valence-corrected chi connectivity index (χ0v) is 11.3. The van der Waals surface area contributed by atoms with Crippen LogP contribution in [0, 0.1) is 0 Å². The number of carbonyl (C=O) groups is 1. The highest BCUT2D eigenvalue weighted by molar-refractivity contribution is 5.79. The minimum Gasteiger partial charge on any atom is -0.493 e. The summed E-state index contributed by atoms with van der Waals surface area (Å²) in [5.74, 6) is -0.747. The van der Waals surface area contributed by atoms with Crippen LogP contribution in [-0.4, -0.2) is 25.6 Å². The molecule has 1 aliphatic carbocycles. The maximum Gasteiger partial charge on any atom is 0.220 e. The van der Waals surface area contributed by atoms with Gasteiger partial charge in [0, 0.05) is 20.2 Å². The molecule has 2 aliphatic rings. The Morgan fingerprint density at radius 1 is 1.35 bits per heavy atom. The van der Waals surface area contributed by atoms with Crippen molar-refractivity contribution in [2.24, 2.45) is 0 Å². The van der Waals surface area contributed by atoms with Gasteiger partial charge in [0.1, 0.15) is 0 Å². The van der Waals surface area contributed by atoms with E-state index in [1.165, 1.54) is 6.07 Å². The number of nitrogens with one attached hydrogen (secondary N) is 1. The molecule has 1 atom stereocenters. The largest absolute Gasteiger partial charge is 0.493 e. The van der Waals surface area contributed by atoms with E-state index in [1.54, 1.807) is 12.1 Å². The molecule has 1 saturated heterocycles. The fourth-order valence-electron chi connectivity index (χ4n) is 2.82. The molecule has 0 radical (unpaired) electrons. The van der Waals surface area contributed by atoms with E-state index >= 15 is 0 Å². The fraction of sp³-hybridized carbons (Fsp3) is 0.562. The Labute approximate surface area is 125 Å². The lowest BCUT2D eigenvalue weighted by molar-refractivity contribution is -0.119. The molecule has 1 aromatic rings. The third-order valence-corrected chi connectivity index (χ3v) is 3.93. The Morgan fingerprint density at radius 2 is 2.20 bits per heavy atom. The van der Waals surface area contributed by atoms with Gasteiger partial charge < -0.3 is 14.8 Å². The Balaban J connectivity index is 1.90. The van der Waals surface area contributed by atoms with Crippen LogP contribution in [0.2, 0.25) is 0 Å². The quantitative estimate of drug-likeness (QED) is 0.921. The summed E-state index contributed by atoms with van der Waals surface area (Å²) in [5.41, 5.74) is 0.617. The predicted molar refractivity (Wildman–Crippen MR) is 76.2 cm³/mol. The second kappa shape index (κ2) is 5.73. The Hall–Kier alpha value is -1.71. The lowest BCUT2D eigenvalue weighted by atomic mass is 9.98. The van der Waals surface area contributed by atoms with Crippen LogP contribution >= 0.6 is 0 Å². The molecule has 1 heterocycles. The van der Waals surface area contributed by atoms with Gasteiger partial charge in [-0.15, -0.1) is 0 Å². The van der Waals surface area contributed by atoms with Crippen LogP contribution in [-0.2, 0) is 4.79 Å². The molecular formula is C16H21NO3. The molecule has 1 saturated carbocycles. The summed E-state index contributed by atoms with van der Waals surface area (Å²) in [7, 11) is -2.57. The summed E-state index contributed by atoms with van der Waals surface area (Å²) >= 11 is 0. The van der Waals surface area contributed by atoms with Crippen molar-refractivity contribution in [3.8, 4) is 11.5 Å². The SMILES string of the molecule is [2H]C([2H])([2H])Oc1ccc(C2([2H])CNC(=O)C2)cc1OC1CCCC1. The summed E-state index contributed by atoms with van der Waals surface area (Å²) in [6.07, 6.45) is 4.12. The van der Waals surface area contributed by atoms with Crippen LogP contribution < -0.4 is 14.8 Å². The van der Waals surface area contributed by atoms with Gasteiger partial charge in [0.25, 0.3) is 0 Å².